The molecule has 1 heterocycles. The molecule has 0 saturated heterocycles. The molecule has 1 aromatic heterocycles. The Morgan fingerprint density at radius 1 is 1.41 bits per heavy atom. The van der Waals surface area contributed by atoms with Gasteiger partial charge in [0.05, 0.1) is 18.9 Å². The van der Waals surface area contributed by atoms with Gasteiger partial charge in [-0.1, -0.05) is 20.3 Å². The molecule has 2 unspecified atom stereocenters. The van der Waals surface area contributed by atoms with E-state index in [-0.39, 0.29) is 6.04 Å². The maximum atomic E-state index is 5.62. The zero-order valence-electron chi connectivity index (χ0n) is 11.2. The summed E-state index contributed by atoms with van der Waals surface area (Å²) in [6.45, 7) is 9.04. The van der Waals surface area contributed by atoms with Crippen molar-refractivity contribution in [1.29, 1.82) is 0 Å². The topological polar surface area (TPSA) is 34.4 Å². The van der Waals surface area contributed by atoms with E-state index in [9.17, 15) is 0 Å². The van der Waals surface area contributed by atoms with Gasteiger partial charge in [0, 0.05) is 13.2 Å². The van der Waals surface area contributed by atoms with Gasteiger partial charge in [-0.2, -0.15) is 0 Å². The van der Waals surface area contributed by atoms with Crippen molar-refractivity contribution in [2.24, 2.45) is 5.92 Å². The van der Waals surface area contributed by atoms with E-state index in [0.29, 0.717) is 5.92 Å². The summed E-state index contributed by atoms with van der Waals surface area (Å²) in [4.78, 5) is 0. The normalized spacial score (nSPS) is 14.8. The second-order valence-corrected chi connectivity index (χ2v) is 4.66. The van der Waals surface area contributed by atoms with E-state index >= 15 is 0 Å². The minimum Gasteiger partial charge on any atom is -0.468 e. The molecule has 1 rings (SSSR count). The lowest BCUT2D eigenvalue weighted by Gasteiger charge is -2.13. The van der Waals surface area contributed by atoms with Crippen molar-refractivity contribution in [2.75, 3.05) is 19.8 Å². The van der Waals surface area contributed by atoms with Gasteiger partial charge in [-0.3, -0.25) is 0 Å². The third-order valence-electron chi connectivity index (χ3n) is 2.85. The minimum absolute atomic E-state index is 0.252. The van der Waals surface area contributed by atoms with Gasteiger partial charge < -0.3 is 14.5 Å². The highest BCUT2D eigenvalue weighted by molar-refractivity contribution is 5.02. The number of furan rings is 1. The second kappa shape index (κ2) is 8.31. The quantitative estimate of drug-likeness (QED) is 0.671. The lowest BCUT2D eigenvalue weighted by atomic mass is 10.1. The van der Waals surface area contributed by atoms with Gasteiger partial charge in [0.25, 0.3) is 0 Å². The molecule has 0 aliphatic rings. The predicted octanol–water partition coefficient (Wildman–Crippen LogP) is 3.38. The van der Waals surface area contributed by atoms with E-state index in [1.54, 1.807) is 6.26 Å². The minimum atomic E-state index is 0.252. The van der Waals surface area contributed by atoms with Gasteiger partial charge >= 0.3 is 0 Å². The first-order chi connectivity index (χ1) is 8.24. The number of rotatable bonds is 9. The smallest absolute Gasteiger partial charge is 0.120 e. The van der Waals surface area contributed by atoms with Crippen LogP contribution in [0.25, 0.3) is 0 Å². The molecule has 1 N–H and O–H groups in total. The van der Waals surface area contributed by atoms with Crippen molar-refractivity contribution in [1.82, 2.24) is 5.32 Å². The first-order valence-corrected chi connectivity index (χ1v) is 6.58. The Bertz CT molecular complexity index is 272. The van der Waals surface area contributed by atoms with Crippen molar-refractivity contribution in [3.63, 3.8) is 0 Å². The van der Waals surface area contributed by atoms with Crippen molar-refractivity contribution in [3.8, 4) is 0 Å². The largest absolute Gasteiger partial charge is 0.468 e. The highest BCUT2D eigenvalue weighted by Crippen LogP contribution is 2.11. The number of hydrogen-bond acceptors (Lipinski definition) is 3. The van der Waals surface area contributed by atoms with Crippen LogP contribution in [0.3, 0.4) is 0 Å². The van der Waals surface area contributed by atoms with E-state index < -0.39 is 0 Å². The summed E-state index contributed by atoms with van der Waals surface area (Å²) >= 11 is 0. The lowest BCUT2D eigenvalue weighted by molar-refractivity contribution is 0.102. The Hall–Kier alpha value is -0.800. The highest BCUT2D eigenvalue weighted by atomic mass is 16.5. The molecule has 0 saturated carbocycles. The molecule has 0 aliphatic heterocycles. The molecule has 0 spiro atoms. The second-order valence-electron chi connectivity index (χ2n) is 4.66. The molecule has 98 valence electrons. The molecule has 17 heavy (non-hydrogen) atoms. The van der Waals surface area contributed by atoms with Gasteiger partial charge in [0.2, 0.25) is 0 Å². The average molecular weight is 239 g/mol. The molecule has 0 radical (unpaired) electrons. The van der Waals surface area contributed by atoms with Crippen molar-refractivity contribution in [3.05, 3.63) is 24.2 Å². The van der Waals surface area contributed by atoms with Gasteiger partial charge in [-0.25, -0.2) is 0 Å². The first kappa shape index (κ1) is 14.3. The molecule has 0 bridgehead atoms. The summed E-state index contributed by atoms with van der Waals surface area (Å²) in [5.74, 6) is 1.65. The van der Waals surface area contributed by atoms with Crippen molar-refractivity contribution in [2.45, 2.75) is 39.7 Å². The Labute approximate surface area is 105 Å². The van der Waals surface area contributed by atoms with E-state index in [4.69, 9.17) is 9.15 Å². The molecule has 0 fully saturated rings. The standard InChI is InChI=1S/C14H25NO2/c1-4-6-12(2)11-16-10-8-15-13(3)14-7-5-9-17-14/h5,7,9,12-13,15H,4,6,8,10-11H2,1-3H3. The van der Waals surface area contributed by atoms with Crippen LogP contribution in [0.1, 0.15) is 45.4 Å². The molecular weight excluding hydrogens is 214 g/mol. The van der Waals surface area contributed by atoms with Crippen molar-refractivity contribution < 1.29 is 9.15 Å². The maximum absolute atomic E-state index is 5.62. The van der Waals surface area contributed by atoms with Crippen LogP contribution in [0.5, 0.6) is 0 Å². The van der Waals surface area contributed by atoms with Crippen LogP contribution >= 0.6 is 0 Å². The number of nitrogens with one attached hydrogen (secondary N) is 1. The van der Waals surface area contributed by atoms with Crippen LogP contribution in [0.2, 0.25) is 0 Å². The molecule has 0 amide bonds. The first-order valence-electron chi connectivity index (χ1n) is 6.58. The molecule has 3 nitrogen and oxygen atoms in total. The van der Waals surface area contributed by atoms with E-state index in [2.05, 4.69) is 26.1 Å². The fourth-order valence-corrected chi connectivity index (χ4v) is 1.85. The molecule has 0 aliphatic carbocycles. The van der Waals surface area contributed by atoms with Gasteiger partial charge in [-0.05, 0) is 31.4 Å². The maximum Gasteiger partial charge on any atom is 0.120 e. The van der Waals surface area contributed by atoms with Gasteiger partial charge in [0.15, 0.2) is 0 Å². The van der Waals surface area contributed by atoms with Crippen LogP contribution in [0.15, 0.2) is 22.8 Å². The monoisotopic (exact) mass is 239 g/mol. The van der Waals surface area contributed by atoms with Gasteiger partial charge in [-0.15, -0.1) is 0 Å². The molecule has 3 heteroatoms. The van der Waals surface area contributed by atoms with E-state index in [1.807, 2.05) is 12.1 Å². The molecular formula is C14H25NO2. The Morgan fingerprint density at radius 2 is 2.24 bits per heavy atom. The summed E-state index contributed by atoms with van der Waals surface area (Å²) in [5.41, 5.74) is 0. The van der Waals surface area contributed by atoms with Crippen LogP contribution in [-0.4, -0.2) is 19.8 Å². The van der Waals surface area contributed by atoms with E-state index in [1.165, 1.54) is 12.8 Å². The number of ether oxygens (including phenoxy) is 1. The summed E-state index contributed by atoms with van der Waals surface area (Å²) in [6, 6.07) is 4.15. The van der Waals surface area contributed by atoms with Crippen LogP contribution in [0, 0.1) is 5.92 Å². The third kappa shape index (κ3) is 5.89. The highest BCUT2D eigenvalue weighted by Gasteiger charge is 2.06. The van der Waals surface area contributed by atoms with Crippen LogP contribution in [0.4, 0.5) is 0 Å². The van der Waals surface area contributed by atoms with E-state index in [0.717, 1.165) is 25.5 Å². The third-order valence-corrected chi connectivity index (χ3v) is 2.85. The number of hydrogen-bond donors (Lipinski definition) is 1. The van der Waals surface area contributed by atoms with Gasteiger partial charge in [0.1, 0.15) is 5.76 Å². The summed E-state index contributed by atoms with van der Waals surface area (Å²) in [7, 11) is 0. The SMILES string of the molecule is CCCC(C)COCCNC(C)c1ccco1. The Kier molecular flexibility index (Phi) is 6.97. The lowest BCUT2D eigenvalue weighted by Crippen LogP contribution is -2.23. The van der Waals surface area contributed by atoms with Crippen LogP contribution in [-0.2, 0) is 4.74 Å². The predicted molar refractivity (Wildman–Crippen MR) is 70.0 cm³/mol. The summed E-state index contributed by atoms with van der Waals surface area (Å²) in [6.07, 6.45) is 4.19. The Balaban J connectivity index is 2.01. The average Bonchev–Trinajstić information content (AvgIpc) is 2.82. The zero-order chi connectivity index (χ0) is 12.5. The summed E-state index contributed by atoms with van der Waals surface area (Å²) < 4.78 is 10.9. The molecule has 1 aromatic rings. The Morgan fingerprint density at radius 3 is 2.88 bits per heavy atom. The fraction of sp³-hybridized carbons (Fsp3) is 0.714. The molecule has 0 aromatic carbocycles. The van der Waals surface area contributed by atoms with Crippen molar-refractivity contribution >= 4 is 0 Å². The molecule has 2 atom stereocenters. The summed E-state index contributed by atoms with van der Waals surface area (Å²) in [5, 5.41) is 3.37. The fourth-order valence-electron chi connectivity index (χ4n) is 1.85. The van der Waals surface area contributed by atoms with Crippen LogP contribution < -0.4 is 5.32 Å². The zero-order valence-corrected chi connectivity index (χ0v) is 11.2.